The van der Waals surface area contributed by atoms with E-state index in [1.165, 1.54) is 18.5 Å². The van der Waals surface area contributed by atoms with Crippen LogP contribution >= 0.6 is 0 Å². The number of aromatic nitrogens is 2. The number of ketones is 1. The Labute approximate surface area is 162 Å². The van der Waals surface area contributed by atoms with Crippen molar-refractivity contribution in [1.29, 1.82) is 0 Å². The molecule has 2 fully saturated rings. The molecule has 8 nitrogen and oxygen atoms in total. The first-order valence-electron chi connectivity index (χ1n) is 9.51. The maximum atomic E-state index is 12.3. The van der Waals surface area contributed by atoms with E-state index in [0.717, 1.165) is 44.6 Å². The largest absolute Gasteiger partial charge is 0.454 e. The summed E-state index contributed by atoms with van der Waals surface area (Å²) in [6.45, 7) is 1.08. The maximum Gasteiger partial charge on any atom is 0.340 e. The van der Waals surface area contributed by atoms with Gasteiger partial charge in [-0.25, -0.2) is 9.78 Å². The number of nitrogens with zero attached hydrogens (tertiary/aromatic N) is 2. The Kier molecular flexibility index (Phi) is 5.10. The van der Waals surface area contributed by atoms with Crippen LogP contribution in [0.5, 0.6) is 0 Å². The SMILES string of the molecule is O=C(COC(=O)c1ccc(NC2CC2)nc1)c1c[nH]c(C(=O)N2CCCC2)c1. The van der Waals surface area contributed by atoms with Gasteiger partial charge in [0.25, 0.3) is 5.91 Å². The average molecular weight is 382 g/mol. The summed E-state index contributed by atoms with van der Waals surface area (Å²) in [6.07, 6.45) is 7.18. The van der Waals surface area contributed by atoms with Crippen molar-refractivity contribution >= 4 is 23.5 Å². The van der Waals surface area contributed by atoms with Gasteiger partial charge in [0.05, 0.1) is 5.56 Å². The Balaban J connectivity index is 1.30. The predicted molar refractivity (Wildman–Crippen MR) is 101 cm³/mol. The molecule has 8 heteroatoms. The molecule has 1 amide bonds. The molecule has 2 aliphatic rings. The van der Waals surface area contributed by atoms with E-state index in [1.807, 2.05) is 0 Å². The number of anilines is 1. The van der Waals surface area contributed by atoms with E-state index in [0.29, 0.717) is 17.3 Å². The normalized spacial score (nSPS) is 16.1. The van der Waals surface area contributed by atoms with Gasteiger partial charge in [-0.15, -0.1) is 0 Å². The number of esters is 1. The Morgan fingerprint density at radius 2 is 1.96 bits per heavy atom. The van der Waals surface area contributed by atoms with Gasteiger partial charge in [0, 0.05) is 37.1 Å². The molecular weight excluding hydrogens is 360 g/mol. The minimum atomic E-state index is -0.609. The number of hydrogen-bond donors (Lipinski definition) is 2. The van der Waals surface area contributed by atoms with Crippen molar-refractivity contribution in [1.82, 2.24) is 14.9 Å². The fourth-order valence-electron chi connectivity index (χ4n) is 3.10. The van der Waals surface area contributed by atoms with E-state index < -0.39 is 12.6 Å². The monoisotopic (exact) mass is 382 g/mol. The van der Waals surface area contributed by atoms with Gasteiger partial charge in [0.2, 0.25) is 5.78 Å². The smallest absolute Gasteiger partial charge is 0.340 e. The first-order chi connectivity index (χ1) is 13.6. The number of carbonyl (C=O) groups is 3. The van der Waals surface area contributed by atoms with Crippen LogP contribution in [-0.2, 0) is 4.74 Å². The summed E-state index contributed by atoms with van der Waals surface area (Å²) in [5, 5.41) is 3.23. The molecule has 1 aliphatic heterocycles. The van der Waals surface area contributed by atoms with Crippen molar-refractivity contribution in [2.75, 3.05) is 25.0 Å². The van der Waals surface area contributed by atoms with Crippen molar-refractivity contribution in [3.63, 3.8) is 0 Å². The number of pyridine rings is 1. The van der Waals surface area contributed by atoms with E-state index >= 15 is 0 Å². The number of nitrogens with one attached hydrogen (secondary N) is 2. The van der Waals surface area contributed by atoms with Crippen molar-refractivity contribution in [3.05, 3.63) is 47.4 Å². The third-order valence-corrected chi connectivity index (χ3v) is 4.89. The molecule has 2 aromatic rings. The van der Waals surface area contributed by atoms with Crippen LogP contribution < -0.4 is 5.32 Å². The highest BCUT2D eigenvalue weighted by molar-refractivity contribution is 6.02. The third-order valence-electron chi connectivity index (χ3n) is 4.89. The Morgan fingerprint density at radius 1 is 1.18 bits per heavy atom. The standard InChI is InChI=1S/C20H22N4O4/c25-17(14-9-16(21-11-14)19(26)24-7-1-2-8-24)12-28-20(27)13-3-6-18(22-10-13)23-15-4-5-15/h3,6,9-11,15,21H,1-2,4-5,7-8,12H2,(H,22,23). The lowest BCUT2D eigenvalue weighted by atomic mass is 10.2. The van der Waals surface area contributed by atoms with Crippen LogP contribution in [0.25, 0.3) is 0 Å². The van der Waals surface area contributed by atoms with E-state index in [2.05, 4.69) is 15.3 Å². The highest BCUT2D eigenvalue weighted by Gasteiger charge is 2.23. The molecule has 28 heavy (non-hydrogen) atoms. The van der Waals surface area contributed by atoms with E-state index in [4.69, 9.17) is 4.74 Å². The maximum absolute atomic E-state index is 12.3. The lowest BCUT2D eigenvalue weighted by molar-refractivity contribution is 0.0474. The molecule has 0 atom stereocenters. The van der Waals surface area contributed by atoms with Crippen LogP contribution in [0.3, 0.4) is 0 Å². The summed E-state index contributed by atoms with van der Waals surface area (Å²) >= 11 is 0. The molecule has 3 heterocycles. The number of H-pyrrole nitrogens is 1. The fourth-order valence-corrected chi connectivity index (χ4v) is 3.10. The second-order valence-electron chi connectivity index (χ2n) is 7.15. The van der Waals surface area contributed by atoms with Gasteiger partial charge in [-0.3, -0.25) is 9.59 Å². The van der Waals surface area contributed by atoms with Gasteiger partial charge in [0.15, 0.2) is 6.61 Å². The number of Topliss-reactive ketones (excluding diaryl/α,β-unsaturated/α-hetero) is 1. The van der Waals surface area contributed by atoms with Crippen LogP contribution in [0.1, 0.15) is 56.9 Å². The second kappa shape index (κ2) is 7.84. The van der Waals surface area contributed by atoms with Crippen molar-refractivity contribution in [3.8, 4) is 0 Å². The van der Waals surface area contributed by atoms with Gasteiger partial charge in [-0.1, -0.05) is 0 Å². The van der Waals surface area contributed by atoms with E-state index in [9.17, 15) is 14.4 Å². The number of amides is 1. The molecule has 2 aromatic heterocycles. The van der Waals surface area contributed by atoms with Gasteiger partial charge in [-0.05, 0) is 43.9 Å². The van der Waals surface area contributed by atoms with Crippen LogP contribution in [0.2, 0.25) is 0 Å². The number of aromatic amines is 1. The molecule has 1 saturated heterocycles. The summed E-state index contributed by atoms with van der Waals surface area (Å²) in [7, 11) is 0. The molecule has 0 unspecified atom stereocenters. The van der Waals surface area contributed by atoms with Crippen molar-refractivity contribution in [2.24, 2.45) is 0 Å². The molecule has 146 valence electrons. The zero-order chi connectivity index (χ0) is 19.5. The molecule has 0 aromatic carbocycles. The molecular formula is C20H22N4O4. The second-order valence-corrected chi connectivity index (χ2v) is 7.15. The van der Waals surface area contributed by atoms with Gasteiger partial charge >= 0.3 is 5.97 Å². The number of rotatable bonds is 7. The molecule has 0 radical (unpaired) electrons. The minimum Gasteiger partial charge on any atom is -0.454 e. The lowest BCUT2D eigenvalue weighted by Gasteiger charge is -2.13. The Hall–Kier alpha value is -3.16. The van der Waals surface area contributed by atoms with Crippen LogP contribution in [0, 0.1) is 0 Å². The van der Waals surface area contributed by atoms with E-state index in [1.54, 1.807) is 17.0 Å². The first-order valence-corrected chi connectivity index (χ1v) is 9.51. The Morgan fingerprint density at radius 3 is 2.64 bits per heavy atom. The van der Waals surface area contributed by atoms with E-state index in [-0.39, 0.29) is 17.3 Å². The molecule has 1 aliphatic carbocycles. The fraction of sp³-hybridized carbons (Fsp3) is 0.400. The van der Waals surface area contributed by atoms with Crippen molar-refractivity contribution in [2.45, 2.75) is 31.7 Å². The Bertz CT molecular complexity index is 880. The highest BCUT2D eigenvalue weighted by atomic mass is 16.5. The molecule has 0 bridgehead atoms. The number of likely N-dealkylation sites (tertiary alicyclic amines) is 1. The zero-order valence-corrected chi connectivity index (χ0v) is 15.4. The van der Waals surface area contributed by atoms with Crippen molar-refractivity contribution < 1.29 is 19.1 Å². The number of carbonyl (C=O) groups excluding carboxylic acids is 3. The summed E-state index contributed by atoms with van der Waals surface area (Å²) in [4.78, 5) is 45.5. The quantitative estimate of drug-likeness (QED) is 0.562. The topological polar surface area (TPSA) is 104 Å². The van der Waals surface area contributed by atoms with Crippen LogP contribution in [0.15, 0.2) is 30.6 Å². The van der Waals surface area contributed by atoms with Crippen LogP contribution in [0.4, 0.5) is 5.82 Å². The predicted octanol–water partition coefficient (Wildman–Crippen LogP) is 2.26. The third kappa shape index (κ3) is 4.21. The van der Waals surface area contributed by atoms with Gasteiger partial charge in [-0.2, -0.15) is 0 Å². The molecule has 4 rings (SSSR count). The van der Waals surface area contributed by atoms with Gasteiger partial charge in [0.1, 0.15) is 11.5 Å². The molecule has 1 saturated carbocycles. The molecule has 0 spiro atoms. The zero-order valence-electron chi connectivity index (χ0n) is 15.4. The highest BCUT2D eigenvalue weighted by Crippen LogP contribution is 2.23. The summed E-state index contributed by atoms with van der Waals surface area (Å²) in [5.41, 5.74) is 0.977. The van der Waals surface area contributed by atoms with Crippen LogP contribution in [-0.4, -0.2) is 58.3 Å². The summed E-state index contributed by atoms with van der Waals surface area (Å²) < 4.78 is 5.09. The minimum absolute atomic E-state index is 0.112. The number of hydrogen-bond acceptors (Lipinski definition) is 6. The summed E-state index contributed by atoms with van der Waals surface area (Å²) in [6, 6.07) is 5.33. The van der Waals surface area contributed by atoms with Gasteiger partial charge < -0.3 is 19.9 Å². The lowest BCUT2D eigenvalue weighted by Crippen LogP contribution is -2.27. The molecule has 2 N–H and O–H groups in total. The first kappa shape index (κ1) is 18.2. The average Bonchev–Trinajstić information content (AvgIpc) is 3.17. The number of ether oxygens (including phenoxy) is 1. The summed E-state index contributed by atoms with van der Waals surface area (Å²) in [5.74, 6) is -0.370.